The molecular weight excluding hydrogens is 123 g/mol. The molecule has 0 unspecified atom stereocenters. The van der Waals surface area contributed by atoms with Gasteiger partial charge in [-0.05, 0) is 0 Å². The van der Waals surface area contributed by atoms with Crippen molar-refractivity contribution in [2.75, 3.05) is 0 Å². The average molecular weight is 125 g/mol. The van der Waals surface area contributed by atoms with E-state index in [0.717, 1.165) is 0 Å². The van der Waals surface area contributed by atoms with E-state index in [1.807, 2.05) is 0 Å². The van der Waals surface area contributed by atoms with Gasteiger partial charge in [0.2, 0.25) is 0 Å². The number of hydrogen-bond acceptors (Lipinski definition) is 1. The van der Waals surface area contributed by atoms with E-state index in [-0.39, 0.29) is 37.7 Å². The summed E-state index contributed by atoms with van der Waals surface area (Å²) < 4.78 is 18.2. The Labute approximate surface area is 62.9 Å². The molecule has 0 amide bonds. The molecule has 0 aliphatic carbocycles. The molecule has 0 aromatic rings. The van der Waals surface area contributed by atoms with Gasteiger partial charge in [0.1, 0.15) is 0 Å². The summed E-state index contributed by atoms with van der Waals surface area (Å²) in [7, 11) is 0. The molecule has 4 heavy (non-hydrogen) atoms. The van der Waals surface area contributed by atoms with Gasteiger partial charge in [0, 0.05) is 0 Å². The molecule has 0 heterocycles. The number of halogens is 1. The molecule has 0 fully saturated rings. The Morgan fingerprint density at radius 1 is 1.75 bits per heavy atom. The number of hydrogen-bond donors (Lipinski definition) is 0. The molecule has 0 spiro atoms. The van der Waals surface area contributed by atoms with Gasteiger partial charge < -0.3 is 0 Å². The van der Waals surface area contributed by atoms with E-state index in [9.17, 15) is 3.09 Å². The minimum atomic E-state index is -2.25. The third-order valence-corrected chi connectivity index (χ3v) is 0. The van der Waals surface area contributed by atoms with Crippen LogP contribution in [0, 0.1) is 0 Å². The van der Waals surface area contributed by atoms with Gasteiger partial charge in [0.25, 0.3) is 0 Å². The Bertz CT molecular complexity index is 15.5. The normalized spacial score (nSPS) is 2.25. The fourth-order valence-electron chi connectivity index (χ4n) is 0. The predicted octanol–water partition coefficient (Wildman–Crippen LogP) is -0.617. The molecule has 1 nitrogen and oxygen atoms in total. The first-order valence-electron chi connectivity index (χ1n) is 0.393. The summed E-state index contributed by atoms with van der Waals surface area (Å²) in [6.45, 7) is 0. The van der Waals surface area contributed by atoms with Crippen molar-refractivity contribution in [3.63, 3.8) is 0 Å². The molecular formula is H2CaFOTi. The Kier molecular flexibility index (Phi) is 20.3. The van der Waals surface area contributed by atoms with E-state index >= 15 is 0 Å². The van der Waals surface area contributed by atoms with Gasteiger partial charge in [-0.15, -0.1) is 0 Å². The van der Waals surface area contributed by atoms with Crippen LogP contribution in [-0.2, 0) is 23.0 Å². The SMILES string of the molecule is [CaH2].[O]=[Ti][F]. The van der Waals surface area contributed by atoms with Crippen LogP contribution in [0.5, 0.6) is 0 Å². The molecule has 0 aromatic carbocycles. The summed E-state index contributed by atoms with van der Waals surface area (Å²) in [6.07, 6.45) is 0. The van der Waals surface area contributed by atoms with Crippen molar-refractivity contribution in [1.82, 2.24) is 0 Å². The second-order valence-corrected chi connectivity index (χ2v) is 0.318. The summed E-state index contributed by atoms with van der Waals surface area (Å²) in [5, 5.41) is 0. The summed E-state index contributed by atoms with van der Waals surface area (Å²) in [4.78, 5) is 0. The number of rotatable bonds is 0. The van der Waals surface area contributed by atoms with Crippen LogP contribution in [0.15, 0.2) is 0 Å². The fraction of sp³-hybridized carbons (Fsp3) is 0. The zero-order valence-electron chi connectivity index (χ0n) is 1.29. The Hall–Kier alpha value is 1.70. The minimum absolute atomic E-state index is 0. The van der Waals surface area contributed by atoms with Crippen LogP contribution in [-0.4, -0.2) is 37.7 Å². The zero-order valence-corrected chi connectivity index (χ0v) is 2.85. The second-order valence-electron chi connectivity index (χ2n) is 0.0772. The molecule has 0 aromatic heterocycles. The summed E-state index contributed by atoms with van der Waals surface area (Å²) in [5.74, 6) is 0. The van der Waals surface area contributed by atoms with Crippen LogP contribution < -0.4 is 0 Å². The Balaban J connectivity index is 0. The van der Waals surface area contributed by atoms with E-state index in [2.05, 4.69) is 0 Å². The first-order chi connectivity index (χ1) is 1.41. The van der Waals surface area contributed by atoms with Gasteiger partial charge in [-0.25, -0.2) is 0 Å². The zero-order chi connectivity index (χ0) is 2.71. The molecule has 21 valence electrons. The Morgan fingerprint density at radius 3 is 1.75 bits per heavy atom. The van der Waals surface area contributed by atoms with Gasteiger partial charge in [-0.3, -0.25) is 0 Å². The molecule has 4 heteroatoms. The standard InChI is InChI=1S/Ca.FH.O.Ti.2H/h;1H;;;;/q;;;+1;;/p-1. The third-order valence-electron chi connectivity index (χ3n) is 0. The molecule has 0 radical (unpaired) electrons. The topological polar surface area (TPSA) is 17.1 Å². The van der Waals surface area contributed by atoms with E-state index < -0.39 is 19.7 Å². The molecule has 0 saturated heterocycles. The van der Waals surface area contributed by atoms with E-state index in [0.29, 0.717) is 0 Å². The summed E-state index contributed by atoms with van der Waals surface area (Å²) in [5.41, 5.74) is 0. The summed E-state index contributed by atoms with van der Waals surface area (Å²) >= 11 is -2.25. The molecule has 0 aliphatic heterocycles. The van der Waals surface area contributed by atoms with Gasteiger partial charge in [0.15, 0.2) is 0 Å². The average Bonchev–Trinajstić information content (AvgIpc) is 0.918. The van der Waals surface area contributed by atoms with Crippen molar-refractivity contribution < 1.29 is 26.1 Å². The van der Waals surface area contributed by atoms with Crippen molar-refractivity contribution in [2.24, 2.45) is 0 Å². The van der Waals surface area contributed by atoms with Crippen molar-refractivity contribution >= 4 is 37.7 Å². The van der Waals surface area contributed by atoms with Crippen LogP contribution in [0.2, 0.25) is 0 Å². The molecule has 0 saturated carbocycles. The van der Waals surface area contributed by atoms with Gasteiger partial charge in [-0.2, -0.15) is 0 Å². The van der Waals surface area contributed by atoms with Crippen LogP contribution in [0.4, 0.5) is 3.09 Å². The Morgan fingerprint density at radius 2 is 1.75 bits per heavy atom. The van der Waals surface area contributed by atoms with Crippen molar-refractivity contribution in [2.45, 2.75) is 0 Å². The quantitative estimate of drug-likeness (QED) is 0.394. The molecule has 0 N–H and O–H groups in total. The third kappa shape index (κ3) is 9.33. The van der Waals surface area contributed by atoms with Gasteiger partial charge >= 0.3 is 63.8 Å². The van der Waals surface area contributed by atoms with Crippen molar-refractivity contribution in [1.29, 1.82) is 0 Å². The van der Waals surface area contributed by atoms with Gasteiger partial charge in [0.05, 0.1) is 0 Å². The van der Waals surface area contributed by atoms with Crippen LogP contribution in [0.3, 0.4) is 0 Å². The second kappa shape index (κ2) is 8.83. The molecule has 0 rings (SSSR count). The summed E-state index contributed by atoms with van der Waals surface area (Å²) in [6, 6.07) is 0. The van der Waals surface area contributed by atoms with Crippen LogP contribution >= 0.6 is 0 Å². The first-order valence-corrected chi connectivity index (χ1v) is 1.62. The van der Waals surface area contributed by atoms with Gasteiger partial charge in [-0.1, -0.05) is 0 Å². The molecule has 0 aliphatic rings. The first kappa shape index (κ1) is 9.20. The van der Waals surface area contributed by atoms with Crippen molar-refractivity contribution in [3.8, 4) is 0 Å². The molecule has 0 atom stereocenters. The maximum absolute atomic E-state index is 9.86. The van der Waals surface area contributed by atoms with Crippen LogP contribution in [0.1, 0.15) is 0 Å². The van der Waals surface area contributed by atoms with Crippen LogP contribution in [0.25, 0.3) is 0 Å². The fourth-order valence-corrected chi connectivity index (χ4v) is 0. The maximum atomic E-state index is 9.86. The van der Waals surface area contributed by atoms with Crippen molar-refractivity contribution in [3.05, 3.63) is 0 Å². The van der Waals surface area contributed by atoms with E-state index in [4.69, 9.17) is 3.32 Å². The predicted molar refractivity (Wildman–Crippen MR) is 10.3 cm³/mol. The molecule has 0 bridgehead atoms. The van der Waals surface area contributed by atoms with E-state index in [1.54, 1.807) is 0 Å². The van der Waals surface area contributed by atoms with E-state index in [1.165, 1.54) is 0 Å². The monoisotopic (exact) mass is 125 g/mol.